The number of nitrogens with zero attached hydrogens (tertiary/aromatic N) is 1. The lowest BCUT2D eigenvalue weighted by Gasteiger charge is -2.32. The van der Waals surface area contributed by atoms with Crippen LogP contribution in [0.25, 0.3) is 0 Å². The molecule has 1 aliphatic heterocycles. The van der Waals surface area contributed by atoms with Gasteiger partial charge in [0.15, 0.2) is 0 Å². The van der Waals surface area contributed by atoms with E-state index in [1.807, 2.05) is 29.2 Å². The van der Waals surface area contributed by atoms with Crippen LogP contribution in [0.5, 0.6) is 5.75 Å². The third-order valence-corrected chi connectivity index (χ3v) is 3.99. The molecule has 19 heavy (non-hydrogen) atoms. The van der Waals surface area contributed by atoms with Crippen molar-refractivity contribution in [3.8, 4) is 5.75 Å². The number of carbonyl (C=O) groups excluding carboxylic acids is 1. The fraction of sp³-hybridized carbons (Fsp3) is 0.462. The van der Waals surface area contributed by atoms with Crippen LogP contribution in [0.2, 0.25) is 0 Å². The van der Waals surface area contributed by atoms with E-state index in [9.17, 15) is 4.79 Å². The van der Waals surface area contributed by atoms with E-state index in [0.717, 1.165) is 35.3 Å². The van der Waals surface area contributed by atoms with Gasteiger partial charge in [-0.25, -0.2) is 0 Å². The molecule has 4 nitrogen and oxygen atoms in total. The molecule has 2 N–H and O–H groups in total. The summed E-state index contributed by atoms with van der Waals surface area (Å²) >= 11 is 2.27. The van der Waals surface area contributed by atoms with Crippen LogP contribution in [0.15, 0.2) is 24.3 Å². The van der Waals surface area contributed by atoms with Crippen molar-refractivity contribution in [1.82, 2.24) is 4.90 Å². The second-order valence-corrected chi connectivity index (χ2v) is 5.49. The highest BCUT2D eigenvalue weighted by Crippen LogP contribution is 2.24. The Hall–Kier alpha value is -0.530. The maximum Gasteiger partial charge on any atom is 0.236 e. The van der Waals surface area contributed by atoms with Gasteiger partial charge in [0.2, 0.25) is 5.91 Å². The van der Waals surface area contributed by atoms with Crippen molar-refractivity contribution in [3.05, 3.63) is 27.8 Å². The minimum atomic E-state index is 0. The van der Waals surface area contributed by atoms with Gasteiger partial charge in [-0.1, -0.05) is 12.1 Å². The molecule has 0 unspecified atom stereocenters. The van der Waals surface area contributed by atoms with E-state index in [2.05, 4.69) is 22.6 Å². The van der Waals surface area contributed by atoms with Crippen molar-refractivity contribution in [3.63, 3.8) is 0 Å². The van der Waals surface area contributed by atoms with E-state index >= 15 is 0 Å². The molecular weight excluding hydrogens is 379 g/mol. The van der Waals surface area contributed by atoms with Crippen LogP contribution in [0, 0.1) is 3.57 Å². The number of rotatable bonds is 3. The first-order valence-electron chi connectivity index (χ1n) is 6.09. The Morgan fingerprint density at radius 2 is 2.00 bits per heavy atom. The van der Waals surface area contributed by atoms with Crippen LogP contribution in [0.4, 0.5) is 0 Å². The summed E-state index contributed by atoms with van der Waals surface area (Å²) < 4.78 is 7.09. The third-order valence-electron chi connectivity index (χ3n) is 3.10. The van der Waals surface area contributed by atoms with Gasteiger partial charge in [0.25, 0.3) is 0 Å². The first-order chi connectivity index (χ1) is 8.70. The molecule has 0 bridgehead atoms. The predicted octanol–water partition coefficient (Wildman–Crippen LogP) is 2.04. The highest BCUT2D eigenvalue weighted by atomic mass is 127. The molecule has 1 saturated heterocycles. The molecule has 0 atom stereocenters. The Morgan fingerprint density at radius 1 is 1.37 bits per heavy atom. The highest BCUT2D eigenvalue weighted by Gasteiger charge is 2.23. The number of halogens is 2. The zero-order valence-electron chi connectivity index (χ0n) is 10.5. The van der Waals surface area contributed by atoms with Gasteiger partial charge < -0.3 is 15.4 Å². The van der Waals surface area contributed by atoms with Crippen molar-refractivity contribution < 1.29 is 9.53 Å². The second kappa shape index (κ2) is 7.91. The summed E-state index contributed by atoms with van der Waals surface area (Å²) in [6.07, 6.45) is 1.94. The average molecular weight is 397 g/mol. The van der Waals surface area contributed by atoms with Crippen LogP contribution >= 0.6 is 35.0 Å². The van der Waals surface area contributed by atoms with E-state index in [1.165, 1.54) is 0 Å². The number of ether oxygens (including phenoxy) is 1. The van der Waals surface area contributed by atoms with Gasteiger partial charge in [-0.3, -0.25) is 4.79 Å². The molecule has 0 radical (unpaired) electrons. The molecule has 0 saturated carbocycles. The summed E-state index contributed by atoms with van der Waals surface area (Å²) in [5, 5.41) is 0. The van der Waals surface area contributed by atoms with Crippen LogP contribution in [-0.4, -0.2) is 36.5 Å². The lowest BCUT2D eigenvalue weighted by molar-refractivity contribution is -0.131. The lowest BCUT2D eigenvalue weighted by atomic mass is 10.1. The van der Waals surface area contributed by atoms with E-state index in [1.54, 1.807) is 0 Å². The Bertz CT molecular complexity index is 423. The summed E-state index contributed by atoms with van der Waals surface area (Å²) in [5.41, 5.74) is 5.36. The number of benzene rings is 1. The van der Waals surface area contributed by atoms with Crippen LogP contribution in [-0.2, 0) is 4.79 Å². The first-order valence-corrected chi connectivity index (χ1v) is 7.17. The molecule has 1 amide bonds. The van der Waals surface area contributed by atoms with Crippen molar-refractivity contribution in [2.75, 3.05) is 19.6 Å². The highest BCUT2D eigenvalue weighted by molar-refractivity contribution is 14.1. The smallest absolute Gasteiger partial charge is 0.236 e. The molecule has 106 valence electrons. The zero-order chi connectivity index (χ0) is 13.0. The Labute approximate surface area is 133 Å². The van der Waals surface area contributed by atoms with Crippen molar-refractivity contribution in [2.24, 2.45) is 5.73 Å². The summed E-state index contributed by atoms with van der Waals surface area (Å²) in [7, 11) is 0. The summed E-state index contributed by atoms with van der Waals surface area (Å²) in [6, 6.07) is 7.99. The lowest BCUT2D eigenvalue weighted by Crippen LogP contribution is -2.44. The number of hydrogen-bond acceptors (Lipinski definition) is 3. The molecule has 0 aromatic heterocycles. The van der Waals surface area contributed by atoms with Crippen molar-refractivity contribution in [1.29, 1.82) is 0 Å². The fourth-order valence-electron chi connectivity index (χ4n) is 2.07. The van der Waals surface area contributed by atoms with Crippen LogP contribution in [0.3, 0.4) is 0 Å². The predicted molar refractivity (Wildman–Crippen MR) is 85.7 cm³/mol. The number of likely N-dealkylation sites (tertiary alicyclic amines) is 1. The maximum absolute atomic E-state index is 11.4. The molecule has 1 aromatic carbocycles. The van der Waals surface area contributed by atoms with Gasteiger partial charge in [-0.05, 0) is 34.7 Å². The van der Waals surface area contributed by atoms with Gasteiger partial charge in [-0.15, -0.1) is 12.4 Å². The van der Waals surface area contributed by atoms with Gasteiger partial charge in [-0.2, -0.15) is 0 Å². The van der Waals surface area contributed by atoms with Crippen LogP contribution < -0.4 is 10.5 Å². The van der Waals surface area contributed by atoms with Gasteiger partial charge in [0, 0.05) is 25.9 Å². The van der Waals surface area contributed by atoms with Crippen LogP contribution in [0.1, 0.15) is 12.8 Å². The standard InChI is InChI=1S/C13H17IN2O2.ClH/c14-11-3-1-2-4-12(11)18-10-5-7-16(8-6-10)13(17)9-15;/h1-4,10H,5-9,15H2;1H. The normalized spacial score (nSPS) is 15.8. The van der Waals surface area contributed by atoms with E-state index in [-0.39, 0.29) is 31.0 Å². The third kappa shape index (κ3) is 4.50. The SMILES string of the molecule is Cl.NCC(=O)N1CCC(Oc2ccccc2I)CC1. The Kier molecular flexibility index (Phi) is 6.88. The molecular formula is C13H18ClIN2O2. The van der Waals surface area contributed by atoms with E-state index in [0.29, 0.717) is 0 Å². The number of amides is 1. The first kappa shape index (κ1) is 16.5. The number of piperidine rings is 1. The number of carbonyl (C=O) groups is 1. The Morgan fingerprint density at radius 3 is 2.58 bits per heavy atom. The summed E-state index contributed by atoms with van der Waals surface area (Å²) in [6.45, 7) is 1.58. The fourth-order valence-corrected chi connectivity index (χ4v) is 2.59. The van der Waals surface area contributed by atoms with Gasteiger partial charge in [0.05, 0.1) is 10.1 Å². The monoisotopic (exact) mass is 396 g/mol. The number of hydrogen-bond donors (Lipinski definition) is 1. The second-order valence-electron chi connectivity index (χ2n) is 4.33. The minimum absolute atomic E-state index is 0. The minimum Gasteiger partial charge on any atom is -0.489 e. The van der Waals surface area contributed by atoms with E-state index in [4.69, 9.17) is 10.5 Å². The van der Waals surface area contributed by atoms with E-state index < -0.39 is 0 Å². The number of nitrogens with two attached hydrogens (primary N) is 1. The maximum atomic E-state index is 11.4. The molecule has 6 heteroatoms. The van der Waals surface area contributed by atoms with Crippen molar-refractivity contribution in [2.45, 2.75) is 18.9 Å². The Balaban J connectivity index is 0.00000180. The largest absolute Gasteiger partial charge is 0.489 e. The zero-order valence-corrected chi connectivity index (χ0v) is 13.5. The molecule has 0 aliphatic carbocycles. The molecule has 2 rings (SSSR count). The molecule has 1 aliphatic rings. The van der Waals surface area contributed by atoms with Crippen molar-refractivity contribution >= 4 is 40.9 Å². The summed E-state index contributed by atoms with van der Waals surface area (Å²) in [5.74, 6) is 0.962. The summed E-state index contributed by atoms with van der Waals surface area (Å²) in [4.78, 5) is 13.3. The quantitative estimate of drug-likeness (QED) is 0.796. The topological polar surface area (TPSA) is 55.6 Å². The van der Waals surface area contributed by atoms with Gasteiger partial charge >= 0.3 is 0 Å². The molecule has 0 spiro atoms. The molecule has 1 aromatic rings. The molecule has 1 fully saturated rings. The number of para-hydroxylation sites is 1. The van der Waals surface area contributed by atoms with Gasteiger partial charge in [0.1, 0.15) is 11.9 Å². The molecule has 1 heterocycles. The average Bonchev–Trinajstić information content (AvgIpc) is 2.41.